The number of carbonyl (C=O) groups is 2. The van der Waals surface area contributed by atoms with Crippen molar-refractivity contribution in [1.82, 2.24) is 4.98 Å². The van der Waals surface area contributed by atoms with Gasteiger partial charge in [-0.3, -0.25) is 14.5 Å². The van der Waals surface area contributed by atoms with E-state index < -0.39 is 17.7 Å². The van der Waals surface area contributed by atoms with Gasteiger partial charge in [-0.25, -0.2) is 4.98 Å². The first-order chi connectivity index (χ1) is 18.4. The minimum Gasteiger partial charge on any atom is -0.507 e. The molecule has 0 radical (unpaired) electrons. The van der Waals surface area contributed by atoms with Crippen LogP contribution in [0.15, 0.2) is 72.3 Å². The van der Waals surface area contributed by atoms with Crippen molar-refractivity contribution in [2.24, 2.45) is 0 Å². The Bertz CT molecular complexity index is 1540. The van der Waals surface area contributed by atoms with Crippen LogP contribution < -0.4 is 14.4 Å². The summed E-state index contributed by atoms with van der Waals surface area (Å²) in [6.07, 6.45) is 0.875. The zero-order valence-electron chi connectivity index (χ0n) is 21.4. The first-order valence-corrected chi connectivity index (χ1v) is 13.4. The highest BCUT2D eigenvalue weighted by Crippen LogP contribution is 2.44. The number of amides is 1. The van der Waals surface area contributed by atoms with E-state index in [1.807, 2.05) is 63.2 Å². The number of fused-ring (bicyclic) bond motifs is 1. The molecular weight excluding hydrogens is 500 g/mol. The molecule has 1 N–H and O–H groups in total. The highest BCUT2D eigenvalue weighted by Gasteiger charge is 2.48. The second-order valence-corrected chi connectivity index (χ2v) is 10.0. The van der Waals surface area contributed by atoms with Crippen LogP contribution in [0.2, 0.25) is 0 Å². The quantitative estimate of drug-likeness (QED) is 0.161. The number of carbonyl (C=O) groups excluding carboxylic acids is 2. The van der Waals surface area contributed by atoms with Gasteiger partial charge in [-0.1, -0.05) is 48.6 Å². The first-order valence-electron chi connectivity index (χ1n) is 12.6. The number of rotatable bonds is 8. The molecular formula is C30H28N2O5S. The van der Waals surface area contributed by atoms with Gasteiger partial charge in [0.25, 0.3) is 5.78 Å². The van der Waals surface area contributed by atoms with Crippen LogP contribution in [-0.2, 0) is 9.59 Å². The Morgan fingerprint density at radius 3 is 2.53 bits per heavy atom. The van der Waals surface area contributed by atoms with Crippen molar-refractivity contribution in [2.45, 2.75) is 33.2 Å². The maximum absolute atomic E-state index is 13.5. The summed E-state index contributed by atoms with van der Waals surface area (Å²) < 4.78 is 12.2. The molecule has 0 aliphatic carbocycles. The number of thiazole rings is 1. The zero-order chi connectivity index (χ0) is 26.8. The van der Waals surface area contributed by atoms with Gasteiger partial charge in [0.1, 0.15) is 17.3 Å². The van der Waals surface area contributed by atoms with E-state index in [1.165, 1.54) is 16.2 Å². The van der Waals surface area contributed by atoms with Gasteiger partial charge in [-0.05, 0) is 67.8 Å². The largest absolute Gasteiger partial charge is 0.507 e. The molecule has 0 spiro atoms. The number of aliphatic hydroxyl groups excluding tert-OH is 1. The van der Waals surface area contributed by atoms with Crippen molar-refractivity contribution in [3.8, 4) is 11.5 Å². The normalized spacial score (nSPS) is 16.8. The Morgan fingerprint density at radius 1 is 1.00 bits per heavy atom. The number of aryl methyl sites for hydroxylation is 1. The molecule has 194 valence electrons. The summed E-state index contributed by atoms with van der Waals surface area (Å²) in [5.74, 6) is -0.523. The molecule has 0 bridgehead atoms. The summed E-state index contributed by atoms with van der Waals surface area (Å²) in [5, 5.41) is 11.8. The van der Waals surface area contributed by atoms with Crippen LogP contribution >= 0.6 is 11.3 Å². The van der Waals surface area contributed by atoms with Gasteiger partial charge in [0.2, 0.25) is 0 Å². The number of aromatic nitrogens is 1. The van der Waals surface area contributed by atoms with Crippen LogP contribution in [0.25, 0.3) is 16.0 Å². The first kappa shape index (κ1) is 25.5. The molecule has 7 nitrogen and oxygen atoms in total. The highest BCUT2D eigenvalue weighted by atomic mass is 32.1. The second-order valence-electron chi connectivity index (χ2n) is 9.02. The zero-order valence-corrected chi connectivity index (χ0v) is 22.2. The monoisotopic (exact) mass is 528 g/mol. The van der Waals surface area contributed by atoms with Gasteiger partial charge >= 0.3 is 5.91 Å². The minimum atomic E-state index is -0.868. The average molecular weight is 529 g/mol. The van der Waals surface area contributed by atoms with E-state index in [0.717, 1.165) is 22.2 Å². The van der Waals surface area contributed by atoms with Gasteiger partial charge < -0.3 is 14.6 Å². The number of hydrogen-bond donors (Lipinski definition) is 1. The van der Waals surface area contributed by atoms with Crippen LogP contribution in [0.1, 0.15) is 43.0 Å². The minimum absolute atomic E-state index is 0.00121. The lowest BCUT2D eigenvalue weighted by Crippen LogP contribution is -2.29. The molecule has 1 saturated heterocycles. The van der Waals surface area contributed by atoms with Gasteiger partial charge in [0.15, 0.2) is 5.13 Å². The molecule has 1 aromatic heterocycles. The Hall–Kier alpha value is -4.17. The summed E-state index contributed by atoms with van der Waals surface area (Å²) >= 11 is 1.34. The smallest absolute Gasteiger partial charge is 0.301 e. The van der Waals surface area contributed by atoms with Gasteiger partial charge in [-0.15, -0.1) is 0 Å². The molecule has 2 heterocycles. The number of anilines is 1. The molecule has 1 unspecified atom stereocenters. The summed E-state index contributed by atoms with van der Waals surface area (Å²) in [6, 6.07) is 19.1. The Labute approximate surface area is 225 Å². The van der Waals surface area contributed by atoms with E-state index in [4.69, 9.17) is 9.47 Å². The number of ketones is 1. The van der Waals surface area contributed by atoms with E-state index in [-0.39, 0.29) is 11.3 Å². The number of nitrogens with zero attached hydrogens (tertiary/aromatic N) is 2. The standard InChI is InChI=1S/C30H28N2O5S/c1-4-15-37-21-12-10-19(11-13-21)26-25(27(33)20-7-6-8-22(17-20)36-5-2)28(34)29(35)32(26)30-31-23-14-9-18(3)16-24(23)38-30/h6-14,16-17,26,33H,4-5,15H2,1-3H3. The van der Waals surface area contributed by atoms with Crippen molar-refractivity contribution < 1.29 is 24.2 Å². The highest BCUT2D eigenvalue weighted by molar-refractivity contribution is 7.22. The Balaban J connectivity index is 1.66. The molecule has 1 fully saturated rings. The van der Waals surface area contributed by atoms with Crippen molar-refractivity contribution in [3.05, 3.63) is 89.0 Å². The fourth-order valence-electron chi connectivity index (χ4n) is 4.49. The summed E-state index contributed by atoms with van der Waals surface area (Å²) in [4.78, 5) is 33.1. The molecule has 3 aromatic carbocycles. The molecule has 1 amide bonds. The average Bonchev–Trinajstić information content (AvgIpc) is 3.45. The van der Waals surface area contributed by atoms with E-state index >= 15 is 0 Å². The molecule has 1 aliphatic heterocycles. The van der Waals surface area contributed by atoms with Gasteiger partial charge in [0, 0.05) is 5.56 Å². The predicted molar refractivity (Wildman–Crippen MR) is 149 cm³/mol. The maximum atomic E-state index is 13.5. The lowest BCUT2D eigenvalue weighted by atomic mass is 9.95. The Morgan fingerprint density at radius 2 is 1.79 bits per heavy atom. The van der Waals surface area contributed by atoms with Crippen LogP contribution in [0.3, 0.4) is 0 Å². The predicted octanol–water partition coefficient (Wildman–Crippen LogP) is 6.42. The van der Waals surface area contributed by atoms with Crippen molar-refractivity contribution in [1.29, 1.82) is 0 Å². The number of ether oxygens (including phenoxy) is 2. The second kappa shape index (κ2) is 10.7. The lowest BCUT2D eigenvalue weighted by Gasteiger charge is -2.23. The van der Waals surface area contributed by atoms with Crippen LogP contribution in [-0.4, -0.2) is 35.0 Å². The molecule has 1 aliphatic rings. The fourth-order valence-corrected chi connectivity index (χ4v) is 5.58. The number of hydrogen-bond acceptors (Lipinski definition) is 7. The summed E-state index contributed by atoms with van der Waals surface area (Å²) in [6.45, 7) is 6.92. The molecule has 38 heavy (non-hydrogen) atoms. The van der Waals surface area contributed by atoms with Crippen LogP contribution in [0, 0.1) is 6.92 Å². The molecule has 5 rings (SSSR count). The van der Waals surface area contributed by atoms with E-state index in [0.29, 0.717) is 41.0 Å². The number of Topliss-reactive ketones (excluding diaryl/α,β-unsaturated/α-hetero) is 1. The molecule has 4 aromatic rings. The lowest BCUT2D eigenvalue weighted by molar-refractivity contribution is -0.132. The SMILES string of the molecule is CCCOc1ccc(C2C(=C(O)c3cccc(OCC)c3)C(=O)C(=O)N2c2nc3ccc(C)cc3s2)cc1. The van der Waals surface area contributed by atoms with Crippen LogP contribution in [0.5, 0.6) is 11.5 Å². The van der Waals surface area contributed by atoms with Crippen molar-refractivity contribution >= 4 is 44.1 Å². The van der Waals surface area contributed by atoms with Crippen molar-refractivity contribution in [3.63, 3.8) is 0 Å². The third kappa shape index (κ3) is 4.75. The van der Waals surface area contributed by atoms with Gasteiger partial charge in [-0.2, -0.15) is 0 Å². The van der Waals surface area contributed by atoms with Crippen LogP contribution in [0.4, 0.5) is 5.13 Å². The Kier molecular flexibility index (Phi) is 7.15. The van der Waals surface area contributed by atoms with E-state index in [9.17, 15) is 14.7 Å². The van der Waals surface area contributed by atoms with E-state index in [2.05, 4.69) is 4.98 Å². The summed E-state index contributed by atoms with van der Waals surface area (Å²) in [7, 11) is 0. The van der Waals surface area contributed by atoms with E-state index in [1.54, 1.807) is 24.3 Å². The third-order valence-corrected chi connectivity index (χ3v) is 7.29. The fraction of sp³-hybridized carbons (Fsp3) is 0.233. The maximum Gasteiger partial charge on any atom is 0.301 e. The number of aliphatic hydroxyl groups is 1. The molecule has 1 atom stereocenters. The molecule has 0 saturated carbocycles. The molecule has 8 heteroatoms. The van der Waals surface area contributed by atoms with Gasteiger partial charge in [0.05, 0.1) is 35.0 Å². The third-order valence-electron chi connectivity index (χ3n) is 6.27. The number of benzene rings is 3. The topological polar surface area (TPSA) is 89.0 Å². The van der Waals surface area contributed by atoms with Crippen molar-refractivity contribution in [2.75, 3.05) is 18.1 Å². The summed E-state index contributed by atoms with van der Waals surface area (Å²) in [5.41, 5.74) is 2.86.